The quantitative estimate of drug-likeness (QED) is 0.174. The summed E-state index contributed by atoms with van der Waals surface area (Å²) < 4.78 is 2.70. The number of thiophene rings is 1. The Labute approximate surface area is 276 Å². The fourth-order valence-corrected chi connectivity index (χ4v) is 8.75. The molecule has 0 amide bonds. The van der Waals surface area contributed by atoms with Crippen molar-refractivity contribution in [2.24, 2.45) is 0 Å². The lowest BCUT2D eigenvalue weighted by molar-refractivity contribution is 1.62. The molecule has 0 atom stereocenters. The molecule has 0 aliphatic heterocycles. The van der Waals surface area contributed by atoms with Gasteiger partial charge in [0.25, 0.3) is 0 Å². The summed E-state index contributed by atoms with van der Waals surface area (Å²) in [6, 6.07) is 62.7. The Morgan fingerprint density at radius 2 is 0.745 bits per heavy atom. The molecule has 1 aromatic heterocycles. The highest BCUT2D eigenvalue weighted by molar-refractivity contribution is 7.26. The van der Waals surface area contributed by atoms with E-state index in [1.165, 1.54) is 96.6 Å². The van der Waals surface area contributed by atoms with E-state index in [1.54, 1.807) is 0 Å². The number of benzene rings is 9. The zero-order valence-corrected chi connectivity index (χ0v) is 26.4. The van der Waals surface area contributed by atoms with Gasteiger partial charge in [-0.25, -0.2) is 0 Å². The largest absolute Gasteiger partial charge is 0.135 e. The van der Waals surface area contributed by atoms with Crippen LogP contribution in [0.25, 0.3) is 96.6 Å². The van der Waals surface area contributed by atoms with Gasteiger partial charge in [0, 0.05) is 20.2 Å². The van der Waals surface area contributed by atoms with E-state index >= 15 is 0 Å². The lowest BCUT2D eigenvalue weighted by atomic mass is 9.91. The Morgan fingerprint density at radius 3 is 1.43 bits per heavy atom. The Morgan fingerprint density at radius 1 is 0.277 bits per heavy atom. The van der Waals surface area contributed by atoms with E-state index in [2.05, 4.69) is 170 Å². The van der Waals surface area contributed by atoms with Crippen LogP contribution in [0.3, 0.4) is 0 Å². The molecule has 0 N–H and O–H groups in total. The fourth-order valence-electron chi connectivity index (χ4n) is 7.51. The summed E-state index contributed by atoms with van der Waals surface area (Å²) in [6.45, 7) is 0. The van der Waals surface area contributed by atoms with Crippen molar-refractivity contribution in [1.29, 1.82) is 0 Å². The molecule has 0 fully saturated rings. The number of fused-ring (bicyclic) bond motifs is 10. The van der Waals surface area contributed by atoms with Crippen LogP contribution in [0.4, 0.5) is 0 Å². The van der Waals surface area contributed by atoms with Crippen LogP contribution in [0, 0.1) is 0 Å². The molecule has 1 heterocycles. The second-order valence-corrected chi connectivity index (χ2v) is 13.5. The SMILES string of the molecule is c1ccc2c(c1)sc1c(-c3ccc(-c4ccc5cc(-c6ccc7c8ccccc8c8ccccc8c7c6)ccc5c4)cc3)cccc12. The van der Waals surface area contributed by atoms with Gasteiger partial charge in [0.1, 0.15) is 0 Å². The topological polar surface area (TPSA) is 0 Å². The lowest BCUT2D eigenvalue weighted by Gasteiger charge is -2.12. The molecule has 0 aliphatic rings. The van der Waals surface area contributed by atoms with Gasteiger partial charge < -0.3 is 0 Å². The highest BCUT2D eigenvalue weighted by atomic mass is 32.1. The third-order valence-corrected chi connectivity index (χ3v) is 11.1. The molecule has 218 valence electrons. The Bertz CT molecular complexity index is 2800. The lowest BCUT2D eigenvalue weighted by Crippen LogP contribution is -1.85. The third-order valence-electron chi connectivity index (χ3n) is 9.85. The monoisotopic (exact) mass is 612 g/mol. The summed E-state index contributed by atoms with van der Waals surface area (Å²) in [5, 5.41) is 13.0. The molecule has 10 aromatic rings. The van der Waals surface area contributed by atoms with Gasteiger partial charge in [-0.3, -0.25) is 0 Å². The van der Waals surface area contributed by atoms with Crippen LogP contribution >= 0.6 is 11.3 Å². The summed E-state index contributed by atoms with van der Waals surface area (Å²) in [4.78, 5) is 0. The molecule has 47 heavy (non-hydrogen) atoms. The smallest absolute Gasteiger partial charge is 0.0433 e. The first-order chi connectivity index (χ1) is 23.3. The maximum atomic E-state index is 2.38. The van der Waals surface area contributed by atoms with Crippen LogP contribution < -0.4 is 0 Å². The molecule has 0 nitrogen and oxygen atoms in total. The molecule has 0 saturated heterocycles. The zero-order valence-electron chi connectivity index (χ0n) is 25.6. The van der Waals surface area contributed by atoms with Crippen LogP contribution in [0.15, 0.2) is 170 Å². The van der Waals surface area contributed by atoms with Crippen molar-refractivity contribution >= 4 is 74.6 Å². The molecule has 0 aliphatic carbocycles. The first-order valence-electron chi connectivity index (χ1n) is 16.2. The Hall–Kier alpha value is -5.76. The summed E-state index contributed by atoms with van der Waals surface area (Å²) in [7, 11) is 0. The first-order valence-corrected chi connectivity index (χ1v) is 17.0. The molecule has 0 spiro atoms. The van der Waals surface area contributed by atoms with Gasteiger partial charge in [-0.2, -0.15) is 0 Å². The molecular weight excluding hydrogens is 585 g/mol. The average molecular weight is 613 g/mol. The van der Waals surface area contributed by atoms with Crippen LogP contribution in [-0.2, 0) is 0 Å². The van der Waals surface area contributed by atoms with Gasteiger partial charge >= 0.3 is 0 Å². The summed E-state index contributed by atoms with van der Waals surface area (Å²) in [6.07, 6.45) is 0. The average Bonchev–Trinajstić information content (AvgIpc) is 3.53. The van der Waals surface area contributed by atoms with Crippen LogP contribution in [0.1, 0.15) is 0 Å². The van der Waals surface area contributed by atoms with E-state index in [1.807, 2.05) is 11.3 Å². The van der Waals surface area contributed by atoms with Crippen molar-refractivity contribution in [2.45, 2.75) is 0 Å². The van der Waals surface area contributed by atoms with E-state index in [0.29, 0.717) is 0 Å². The van der Waals surface area contributed by atoms with Gasteiger partial charge in [0.2, 0.25) is 0 Å². The van der Waals surface area contributed by atoms with E-state index in [0.717, 1.165) is 0 Å². The normalized spacial score (nSPS) is 11.8. The van der Waals surface area contributed by atoms with Gasteiger partial charge in [0.15, 0.2) is 0 Å². The van der Waals surface area contributed by atoms with Gasteiger partial charge in [-0.15, -0.1) is 11.3 Å². The van der Waals surface area contributed by atoms with E-state index in [-0.39, 0.29) is 0 Å². The Balaban J connectivity index is 1.01. The molecule has 9 aromatic carbocycles. The second kappa shape index (κ2) is 10.4. The maximum absolute atomic E-state index is 2.38. The fraction of sp³-hybridized carbons (Fsp3) is 0. The highest BCUT2D eigenvalue weighted by Crippen LogP contribution is 2.41. The second-order valence-electron chi connectivity index (χ2n) is 12.5. The van der Waals surface area contributed by atoms with E-state index in [4.69, 9.17) is 0 Å². The molecule has 0 radical (unpaired) electrons. The number of hydrogen-bond acceptors (Lipinski definition) is 1. The van der Waals surface area contributed by atoms with Crippen LogP contribution in [0.2, 0.25) is 0 Å². The summed E-state index contributed by atoms with van der Waals surface area (Å²) in [5.74, 6) is 0. The van der Waals surface area contributed by atoms with Crippen molar-refractivity contribution in [2.75, 3.05) is 0 Å². The summed E-state index contributed by atoms with van der Waals surface area (Å²) in [5.41, 5.74) is 7.51. The van der Waals surface area contributed by atoms with Crippen molar-refractivity contribution < 1.29 is 0 Å². The number of hydrogen-bond donors (Lipinski definition) is 0. The number of rotatable bonds is 3. The van der Waals surface area contributed by atoms with Crippen molar-refractivity contribution in [3.63, 3.8) is 0 Å². The first kappa shape index (κ1) is 26.5. The minimum atomic E-state index is 1.23. The van der Waals surface area contributed by atoms with E-state index < -0.39 is 0 Å². The van der Waals surface area contributed by atoms with Crippen molar-refractivity contribution in [1.82, 2.24) is 0 Å². The van der Waals surface area contributed by atoms with Gasteiger partial charge in [-0.05, 0) is 101 Å². The highest BCUT2D eigenvalue weighted by Gasteiger charge is 2.12. The van der Waals surface area contributed by atoms with Crippen molar-refractivity contribution in [3.05, 3.63) is 170 Å². The molecule has 1 heteroatoms. The molecule has 0 unspecified atom stereocenters. The minimum Gasteiger partial charge on any atom is -0.135 e. The van der Waals surface area contributed by atoms with Crippen LogP contribution in [0.5, 0.6) is 0 Å². The van der Waals surface area contributed by atoms with Crippen LogP contribution in [-0.4, -0.2) is 0 Å². The molecular formula is C46H28S. The molecule has 0 bridgehead atoms. The van der Waals surface area contributed by atoms with Gasteiger partial charge in [0.05, 0.1) is 0 Å². The molecule has 0 saturated carbocycles. The predicted octanol–water partition coefficient (Wildman–Crippen LogP) is 13.7. The van der Waals surface area contributed by atoms with Gasteiger partial charge in [-0.1, -0.05) is 146 Å². The third kappa shape index (κ3) is 4.21. The maximum Gasteiger partial charge on any atom is 0.0433 e. The zero-order chi connectivity index (χ0) is 30.9. The van der Waals surface area contributed by atoms with E-state index in [9.17, 15) is 0 Å². The predicted molar refractivity (Wildman–Crippen MR) is 206 cm³/mol. The van der Waals surface area contributed by atoms with Crippen molar-refractivity contribution in [3.8, 4) is 33.4 Å². The molecule has 10 rings (SSSR count). The Kier molecular flexibility index (Phi) is 5.85. The standard InChI is InChI=1S/C46H28S/c1-2-10-39-37(8-1)38-9-3-4-11-40(38)44-28-35(24-25-41(39)44)34-23-22-32-26-31(20-21-33(32)27-34)29-16-18-30(19-17-29)36-13-7-14-43-42-12-5-6-15-45(42)47-46(36)43/h1-28H. The summed E-state index contributed by atoms with van der Waals surface area (Å²) >= 11 is 1.89. The minimum absolute atomic E-state index is 1.23.